The van der Waals surface area contributed by atoms with E-state index in [2.05, 4.69) is 5.32 Å². The first-order chi connectivity index (χ1) is 12.5. The minimum absolute atomic E-state index is 0.183. The van der Waals surface area contributed by atoms with Gasteiger partial charge in [0.25, 0.3) is 0 Å². The quantitative estimate of drug-likeness (QED) is 0.621. The molecule has 26 heavy (non-hydrogen) atoms. The molecule has 0 unspecified atom stereocenters. The number of aromatic carboxylic acids is 1. The molecule has 134 valence electrons. The number of benzene rings is 2. The molecule has 0 radical (unpaired) electrons. The van der Waals surface area contributed by atoms with Crippen LogP contribution in [0.25, 0.3) is 11.3 Å². The van der Waals surface area contributed by atoms with Gasteiger partial charge in [-0.25, -0.2) is 4.79 Å². The molecule has 0 aliphatic carbocycles. The molecule has 0 spiro atoms. The molecule has 0 fully saturated rings. The number of carbonyl (C=O) groups is 1. The van der Waals surface area contributed by atoms with Gasteiger partial charge in [-0.1, -0.05) is 23.7 Å². The molecule has 0 aliphatic heterocycles. The number of nitrogens with one attached hydrogen (secondary N) is 1. The van der Waals surface area contributed by atoms with Crippen molar-refractivity contribution in [1.29, 1.82) is 0 Å². The van der Waals surface area contributed by atoms with E-state index >= 15 is 0 Å². The summed E-state index contributed by atoms with van der Waals surface area (Å²) >= 11 is 6.17. The van der Waals surface area contributed by atoms with Crippen molar-refractivity contribution in [2.45, 2.75) is 13.5 Å². The van der Waals surface area contributed by atoms with Gasteiger partial charge < -0.3 is 19.6 Å². The normalized spacial score (nSPS) is 10.6. The Morgan fingerprint density at radius 2 is 2.04 bits per heavy atom. The van der Waals surface area contributed by atoms with Gasteiger partial charge in [0.15, 0.2) is 0 Å². The Balaban J connectivity index is 1.79. The van der Waals surface area contributed by atoms with Crippen molar-refractivity contribution in [3.8, 4) is 17.1 Å². The molecule has 5 nitrogen and oxygen atoms in total. The zero-order chi connectivity index (χ0) is 18.7. The van der Waals surface area contributed by atoms with Crippen LogP contribution in [0.4, 0.5) is 5.69 Å². The van der Waals surface area contributed by atoms with E-state index in [1.807, 2.05) is 37.3 Å². The molecule has 0 amide bonds. The van der Waals surface area contributed by atoms with E-state index in [1.165, 1.54) is 19.2 Å². The van der Waals surface area contributed by atoms with E-state index in [0.717, 1.165) is 16.9 Å². The van der Waals surface area contributed by atoms with Crippen LogP contribution in [0.15, 0.2) is 52.9 Å². The van der Waals surface area contributed by atoms with Crippen molar-refractivity contribution in [3.05, 3.63) is 70.4 Å². The average Bonchev–Trinajstić information content (AvgIpc) is 3.10. The summed E-state index contributed by atoms with van der Waals surface area (Å²) in [6, 6.07) is 14.1. The number of hydrogen-bond acceptors (Lipinski definition) is 4. The highest BCUT2D eigenvalue weighted by molar-refractivity contribution is 6.31. The Labute approximate surface area is 156 Å². The van der Waals surface area contributed by atoms with Crippen molar-refractivity contribution in [1.82, 2.24) is 0 Å². The second-order valence-corrected chi connectivity index (χ2v) is 6.16. The minimum Gasteiger partial charge on any atom is -0.495 e. The van der Waals surface area contributed by atoms with Gasteiger partial charge in [0, 0.05) is 10.6 Å². The van der Waals surface area contributed by atoms with Crippen LogP contribution >= 0.6 is 11.6 Å². The van der Waals surface area contributed by atoms with Crippen LogP contribution < -0.4 is 10.1 Å². The topological polar surface area (TPSA) is 71.7 Å². The first kappa shape index (κ1) is 17.9. The number of carboxylic acids is 1. The summed E-state index contributed by atoms with van der Waals surface area (Å²) in [7, 11) is 1.54. The summed E-state index contributed by atoms with van der Waals surface area (Å²) in [6.45, 7) is 2.33. The van der Waals surface area contributed by atoms with Gasteiger partial charge >= 0.3 is 5.97 Å². The summed E-state index contributed by atoms with van der Waals surface area (Å²) in [5.74, 6) is 1.01. The van der Waals surface area contributed by atoms with Crippen LogP contribution in [-0.2, 0) is 6.54 Å². The largest absolute Gasteiger partial charge is 0.495 e. The first-order valence-electron chi connectivity index (χ1n) is 7.99. The van der Waals surface area contributed by atoms with Gasteiger partial charge in [-0.3, -0.25) is 0 Å². The summed E-state index contributed by atoms with van der Waals surface area (Å²) < 4.78 is 11.2. The Bertz CT molecular complexity index is 949. The highest BCUT2D eigenvalue weighted by atomic mass is 35.5. The van der Waals surface area contributed by atoms with E-state index in [-0.39, 0.29) is 5.56 Å². The van der Waals surface area contributed by atoms with Gasteiger partial charge in [0.2, 0.25) is 0 Å². The third-order valence-electron chi connectivity index (χ3n) is 4.09. The van der Waals surface area contributed by atoms with Crippen LogP contribution in [0.5, 0.6) is 5.75 Å². The zero-order valence-corrected chi connectivity index (χ0v) is 15.1. The highest BCUT2D eigenvalue weighted by Gasteiger charge is 2.12. The lowest BCUT2D eigenvalue weighted by molar-refractivity contribution is 0.0697. The molecule has 6 heteroatoms. The summed E-state index contributed by atoms with van der Waals surface area (Å²) in [6.07, 6.45) is 0. The van der Waals surface area contributed by atoms with Crippen molar-refractivity contribution in [2.75, 3.05) is 12.4 Å². The molecular formula is C20H18ClNO4. The van der Waals surface area contributed by atoms with E-state index in [4.69, 9.17) is 25.9 Å². The highest BCUT2D eigenvalue weighted by Crippen LogP contribution is 2.31. The Morgan fingerprint density at radius 1 is 1.23 bits per heavy atom. The minimum atomic E-state index is -0.993. The average molecular weight is 372 g/mol. The van der Waals surface area contributed by atoms with Crippen LogP contribution in [0.1, 0.15) is 21.7 Å². The van der Waals surface area contributed by atoms with Gasteiger partial charge in [-0.2, -0.15) is 0 Å². The van der Waals surface area contributed by atoms with E-state index in [9.17, 15) is 4.79 Å². The number of anilines is 1. The van der Waals surface area contributed by atoms with Crippen LogP contribution in [-0.4, -0.2) is 18.2 Å². The smallest absolute Gasteiger partial charge is 0.335 e. The van der Waals surface area contributed by atoms with Crippen LogP contribution in [0.2, 0.25) is 5.02 Å². The monoisotopic (exact) mass is 371 g/mol. The maximum absolute atomic E-state index is 11.1. The third-order valence-corrected chi connectivity index (χ3v) is 4.50. The van der Waals surface area contributed by atoms with Crippen LogP contribution in [0, 0.1) is 6.92 Å². The van der Waals surface area contributed by atoms with Gasteiger partial charge in [-0.05, 0) is 48.9 Å². The lowest BCUT2D eigenvalue weighted by atomic mass is 10.1. The molecule has 0 aliphatic rings. The number of carboxylic acid groups (broad SMARTS) is 1. The molecule has 0 bridgehead atoms. The van der Waals surface area contributed by atoms with Crippen LogP contribution in [0.3, 0.4) is 0 Å². The van der Waals surface area contributed by atoms with Crippen molar-refractivity contribution >= 4 is 23.3 Å². The number of furan rings is 1. The number of halogens is 1. The van der Waals surface area contributed by atoms with E-state index in [1.54, 1.807) is 6.07 Å². The lowest BCUT2D eigenvalue weighted by Crippen LogP contribution is -2.03. The molecule has 0 saturated heterocycles. The maximum Gasteiger partial charge on any atom is 0.335 e. The molecule has 2 N–H and O–H groups in total. The molecule has 3 rings (SSSR count). The second-order valence-electron chi connectivity index (χ2n) is 5.75. The first-order valence-corrected chi connectivity index (χ1v) is 8.37. The third kappa shape index (κ3) is 3.68. The number of rotatable bonds is 6. The molecular weight excluding hydrogens is 354 g/mol. The predicted molar refractivity (Wildman–Crippen MR) is 101 cm³/mol. The Morgan fingerprint density at radius 3 is 2.77 bits per heavy atom. The number of hydrogen-bond donors (Lipinski definition) is 2. The standard InChI is InChI=1S/C20H18ClNO4/c1-12-15(4-3-5-16(12)21)18-9-7-14(26-18)11-22-17-10-13(20(23)24)6-8-19(17)25-2/h3-10,22H,11H2,1-2H3,(H,23,24). The zero-order valence-electron chi connectivity index (χ0n) is 14.4. The van der Waals surface area contributed by atoms with E-state index < -0.39 is 5.97 Å². The summed E-state index contributed by atoms with van der Waals surface area (Å²) in [5.41, 5.74) is 2.67. The maximum atomic E-state index is 11.1. The second kappa shape index (κ2) is 7.54. The molecule has 0 atom stereocenters. The molecule has 2 aromatic carbocycles. The fourth-order valence-corrected chi connectivity index (χ4v) is 2.83. The molecule has 3 aromatic rings. The lowest BCUT2D eigenvalue weighted by Gasteiger charge is -2.11. The summed E-state index contributed by atoms with van der Waals surface area (Å²) in [5, 5.41) is 13.0. The number of methoxy groups -OCH3 is 1. The van der Waals surface area contributed by atoms with Gasteiger partial charge in [-0.15, -0.1) is 0 Å². The van der Waals surface area contributed by atoms with Crippen molar-refractivity contribution in [3.63, 3.8) is 0 Å². The SMILES string of the molecule is COc1ccc(C(=O)O)cc1NCc1ccc(-c2cccc(Cl)c2C)o1. The van der Waals surface area contributed by atoms with Crippen molar-refractivity contribution in [2.24, 2.45) is 0 Å². The predicted octanol–water partition coefficient (Wildman–Crippen LogP) is 5.23. The summed E-state index contributed by atoms with van der Waals surface area (Å²) in [4.78, 5) is 11.1. The van der Waals surface area contributed by atoms with E-state index in [0.29, 0.717) is 28.8 Å². The molecule has 0 saturated carbocycles. The van der Waals surface area contributed by atoms with Gasteiger partial charge in [0.05, 0.1) is 24.9 Å². The van der Waals surface area contributed by atoms with Crippen molar-refractivity contribution < 1.29 is 19.1 Å². The fraction of sp³-hybridized carbons (Fsp3) is 0.150. The molecule has 1 aromatic heterocycles. The molecule has 1 heterocycles. The Hall–Kier alpha value is -2.92. The van der Waals surface area contributed by atoms with Gasteiger partial charge in [0.1, 0.15) is 17.3 Å². The Kier molecular flexibility index (Phi) is 5.19. The number of ether oxygens (including phenoxy) is 1. The fourth-order valence-electron chi connectivity index (χ4n) is 2.65.